The van der Waals surface area contributed by atoms with Gasteiger partial charge >= 0.3 is 6.18 Å². The van der Waals surface area contributed by atoms with Gasteiger partial charge in [-0.25, -0.2) is 4.98 Å². The molecule has 0 aromatic carbocycles. The monoisotopic (exact) mass is 302 g/mol. The second-order valence-corrected chi connectivity index (χ2v) is 5.56. The Morgan fingerprint density at radius 3 is 2.48 bits per heavy atom. The molecule has 0 saturated heterocycles. The average molecular weight is 302 g/mol. The molecule has 0 bridgehead atoms. The number of hydrogen-bond donors (Lipinski definition) is 1. The molecule has 0 amide bonds. The SMILES string of the molecule is CCC1CCC(Nc2ccc(OCC(F)(F)F)nc2)CC1. The molecular formula is C15H21F3N2O. The maximum atomic E-state index is 12.0. The summed E-state index contributed by atoms with van der Waals surface area (Å²) in [4.78, 5) is 3.89. The molecule has 1 N–H and O–H groups in total. The fraction of sp³-hybridized carbons (Fsp3) is 0.667. The lowest BCUT2D eigenvalue weighted by molar-refractivity contribution is -0.154. The average Bonchev–Trinajstić information content (AvgIpc) is 2.46. The fourth-order valence-electron chi connectivity index (χ4n) is 2.66. The maximum Gasteiger partial charge on any atom is 0.422 e. The van der Waals surface area contributed by atoms with Gasteiger partial charge in [0.2, 0.25) is 5.88 Å². The molecule has 1 aromatic heterocycles. The van der Waals surface area contributed by atoms with E-state index in [1.54, 1.807) is 6.07 Å². The summed E-state index contributed by atoms with van der Waals surface area (Å²) >= 11 is 0. The lowest BCUT2D eigenvalue weighted by atomic mass is 9.84. The highest BCUT2D eigenvalue weighted by Crippen LogP contribution is 2.28. The number of hydrogen-bond acceptors (Lipinski definition) is 3. The molecule has 2 rings (SSSR count). The molecule has 1 heterocycles. The standard InChI is InChI=1S/C15H21F3N2O/c1-2-11-3-5-12(6-4-11)20-13-7-8-14(19-9-13)21-10-15(16,17)18/h7-9,11-12,20H,2-6,10H2,1H3. The molecule has 6 heteroatoms. The molecule has 1 aliphatic carbocycles. The molecule has 118 valence electrons. The minimum Gasteiger partial charge on any atom is -0.468 e. The Bertz CT molecular complexity index is 426. The molecule has 21 heavy (non-hydrogen) atoms. The smallest absolute Gasteiger partial charge is 0.422 e. The summed E-state index contributed by atoms with van der Waals surface area (Å²) in [7, 11) is 0. The summed E-state index contributed by atoms with van der Waals surface area (Å²) in [5.74, 6) is 0.826. The summed E-state index contributed by atoms with van der Waals surface area (Å²) in [5.41, 5.74) is 0.828. The van der Waals surface area contributed by atoms with Gasteiger partial charge in [-0.05, 0) is 37.7 Å². The molecule has 0 spiro atoms. The van der Waals surface area contributed by atoms with Crippen LogP contribution in [0.5, 0.6) is 5.88 Å². The van der Waals surface area contributed by atoms with Crippen LogP contribution in [0.15, 0.2) is 18.3 Å². The van der Waals surface area contributed by atoms with Crippen molar-refractivity contribution in [3.8, 4) is 5.88 Å². The van der Waals surface area contributed by atoms with Crippen LogP contribution < -0.4 is 10.1 Å². The zero-order valence-corrected chi connectivity index (χ0v) is 12.1. The first-order valence-electron chi connectivity index (χ1n) is 7.38. The molecule has 0 unspecified atom stereocenters. The predicted octanol–water partition coefficient (Wildman–Crippen LogP) is 4.40. The van der Waals surface area contributed by atoms with Crippen molar-refractivity contribution in [1.29, 1.82) is 0 Å². The van der Waals surface area contributed by atoms with Crippen LogP contribution in [0.2, 0.25) is 0 Å². The van der Waals surface area contributed by atoms with E-state index < -0.39 is 12.8 Å². The minimum absolute atomic E-state index is 0.00688. The van der Waals surface area contributed by atoms with E-state index in [9.17, 15) is 13.2 Å². The number of anilines is 1. The Labute approximate surface area is 122 Å². The number of halogens is 3. The van der Waals surface area contributed by atoms with Gasteiger partial charge in [0.1, 0.15) is 0 Å². The molecular weight excluding hydrogens is 281 g/mol. The van der Waals surface area contributed by atoms with E-state index in [2.05, 4.69) is 22.0 Å². The number of nitrogens with one attached hydrogen (secondary N) is 1. The molecule has 1 aliphatic rings. The van der Waals surface area contributed by atoms with Gasteiger partial charge in [-0.1, -0.05) is 13.3 Å². The van der Waals surface area contributed by atoms with Crippen LogP contribution in [-0.2, 0) is 0 Å². The van der Waals surface area contributed by atoms with Gasteiger partial charge in [0.05, 0.1) is 11.9 Å². The van der Waals surface area contributed by atoms with Crippen molar-refractivity contribution in [1.82, 2.24) is 4.98 Å². The number of nitrogens with zero attached hydrogens (tertiary/aromatic N) is 1. The highest BCUT2D eigenvalue weighted by Gasteiger charge is 2.28. The zero-order chi connectivity index (χ0) is 15.3. The highest BCUT2D eigenvalue weighted by atomic mass is 19.4. The Morgan fingerprint density at radius 2 is 1.95 bits per heavy atom. The van der Waals surface area contributed by atoms with Crippen molar-refractivity contribution in [2.45, 2.75) is 51.2 Å². The van der Waals surface area contributed by atoms with Crippen molar-refractivity contribution in [3.63, 3.8) is 0 Å². The summed E-state index contributed by atoms with van der Waals surface area (Å²) in [5, 5.41) is 3.38. The van der Waals surface area contributed by atoms with E-state index in [0.29, 0.717) is 6.04 Å². The molecule has 1 fully saturated rings. The Hall–Kier alpha value is -1.46. The number of alkyl halides is 3. The van der Waals surface area contributed by atoms with Crippen molar-refractivity contribution in [2.75, 3.05) is 11.9 Å². The molecule has 0 radical (unpaired) electrons. The lowest BCUT2D eigenvalue weighted by Crippen LogP contribution is -2.25. The van der Waals surface area contributed by atoms with Crippen molar-refractivity contribution >= 4 is 5.69 Å². The van der Waals surface area contributed by atoms with Crippen molar-refractivity contribution in [2.24, 2.45) is 5.92 Å². The van der Waals surface area contributed by atoms with E-state index in [0.717, 1.165) is 24.4 Å². The first-order chi connectivity index (χ1) is 9.96. The molecule has 0 aliphatic heterocycles. The van der Waals surface area contributed by atoms with E-state index in [1.807, 2.05) is 0 Å². The first kappa shape index (κ1) is 15.9. The van der Waals surface area contributed by atoms with E-state index in [-0.39, 0.29) is 5.88 Å². The van der Waals surface area contributed by atoms with Gasteiger partial charge in [-0.15, -0.1) is 0 Å². The summed E-state index contributed by atoms with van der Waals surface area (Å²) < 4.78 is 40.7. The Morgan fingerprint density at radius 1 is 1.24 bits per heavy atom. The van der Waals surface area contributed by atoms with Crippen LogP contribution in [0.4, 0.5) is 18.9 Å². The zero-order valence-electron chi connectivity index (χ0n) is 12.1. The Balaban J connectivity index is 1.80. The quantitative estimate of drug-likeness (QED) is 0.875. The van der Waals surface area contributed by atoms with Crippen LogP contribution in [0.3, 0.4) is 0 Å². The van der Waals surface area contributed by atoms with Gasteiger partial charge in [0, 0.05) is 12.1 Å². The van der Waals surface area contributed by atoms with Gasteiger partial charge in [-0.2, -0.15) is 13.2 Å². The first-order valence-corrected chi connectivity index (χ1v) is 7.38. The second kappa shape index (κ2) is 7.00. The van der Waals surface area contributed by atoms with Crippen LogP contribution in [0, 0.1) is 5.92 Å². The fourth-order valence-corrected chi connectivity index (χ4v) is 2.66. The van der Waals surface area contributed by atoms with E-state index >= 15 is 0 Å². The van der Waals surface area contributed by atoms with Gasteiger partial charge < -0.3 is 10.1 Å². The summed E-state index contributed by atoms with van der Waals surface area (Å²) in [6.45, 7) is 0.913. The summed E-state index contributed by atoms with van der Waals surface area (Å²) in [6.07, 6.45) is 3.14. The third-order valence-corrected chi connectivity index (χ3v) is 3.91. The number of pyridine rings is 1. The van der Waals surface area contributed by atoms with Crippen molar-refractivity contribution in [3.05, 3.63) is 18.3 Å². The Kier molecular flexibility index (Phi) is 5.31. The van der Waals surface area contributed by atoms with E-state index in [4.69, 9.17) is 0 Å². The number of rotatable bonds is 5. The number of aromatic nitrogens is 1. The minimum atomic E-state index is -4.34. The van der Waals surface area contributed by atoms with Crippen LogP contribution >= 0.6 is 0 Å². The molecule has 1 saturated carbocycles. The van der Waals surface area contributed by atoms with Gasteiger partial charge in [0.15, 0.2) is 6.61 Å². The molecule has 3 nitrogen and oxygen atoms in total. The highest BCUT2D eigenvalue weighted by molar-refractivity contribution is 5.43. The molecule has 0 atom stereocenters. The third kappa shape index (κ3) is 5.44. The van der Waals surface area contributed by atoms with Gasteiger partial charge in [0.25, 0.3) is 0 Å². The molecule has 1 aromatic rings. The van der Waals surface area contributed by atoms with Gasteiger partial charge in [-0.3, -0.25) is 0 Å². The number of ether oxygens (including phenoxy) is 1. The van der Waals surface area contributed by atoms with Crippen LogP contribution in [0.1, 0.15) is 39.0 Å². The third-order valence-electron chi connectivity index (χ3n) is 3.91. The van der Waals surface area contributed by atoms with Crippen LogP contribution in [-0.4, -0.2) is 23.8 Å². The van der Waals surface area contributed by atoms with E-state index in [1.165, 1.54) is 31.5 Å². The summed E-state index contributed by atoms with van der Waals surface area (Å²) in [6, 6.07) is 3.60. The maximum absolute atomic E-state index is 12.0. The largest absolute Gasteiger partial charge is 0.468 e. The second-order valence-electron chi connectivity index (χ2n) is 5.56. The normalized spacial score (nSPS) is 22.9. The van der Waals surface area contributed by atoms with Crippen molar-refractivity contribution < 1.29 is 17.9 Å². The van der Waals surface area contributed by atoms with Crippen LogP contribution in [0.25, 0.3) is 0 Å². The predicted molar refractivity (Wildman–Crippen MR) is 75.4 cm³/mol. The lowest BCUT2D eigenvalue weighted by Gasteiger charge is -2.29. The topological polar surface area (TPSA) is 34.1 Å².